The molecule has 6 heteroatoms. The summed E-state index contributed by atoms with van der Waals surface area (Å²) in [7, 11) is 1.54. The van der Waals surface area contributed by atoms with Crippen LogP contribution in [-0.2, 0) is 16.1 Å². The minimum absolute atomic E-state index is 0.0961. The van der Waals surface area contributed by atoms with E-state index in [0.29, 0.717) is 18.4 Å². The van der Waals surface area contributed by atoms with E-state index in [4.69, 9.17) is 14.2 Å². The number of ether oxygens (including phenoxy) is 3. The van der Waals surface area contributed by atoms with E-state index >= 15 is 0 Å². The zero-order valence-electron chi connectivity index (χ0n) is 16.0. The van der Waals surface area contributed by atoms with Gasteiger partial charge in [0.05, 0.1) is 6.61 Å². The van der Waals surface area contributed by atoms with E-state index < -0.39 is 5.60 Å². The first-order valence-electron chi connectivity index (χ1n) is 9.23. The average molecular weight is 365 g/mol. The van der Waals surface area contributed by atoms with Crippen LogP contribution in [0.3, 0.4) is 0 Å². The van der Waals surface area contributed by atoms with E-state index in [-0.39, 0.29) is 42.5 Å². The van der Waals surface area contributed by atoms with Crippen molar-refractivity contribution in [3.63, 3.8) is 0 Å². The molecule has 0 saturated carbocycles. The van der Waals surface area contributed by atoms with Gasteiger partial charge in [-0.3, -0.25) is 0 Å². The second kappa shape index (κ2) is 7.43. The number of piperidine rings is 1. The lowest BCUT2D eigenvalue weighted by Crippen LogP contribution is -2.50. The number of carbonyl (C=O) groups is 1. The standard InChI is InChI=1S/C20H28FNO4/c1-20(2,3)26-19(23)22-14-8-9-15(22)11-16(10-14)25-17-7-5-6-13(12-24-4)18(17)21/h5-7,14-16H,8-12H2,1-4H3/t14-,15+,16?. The van der Waals surface area contributed by atoms with Gasteiger partial charge in [-0.15, -0.1) is 0 Å². The maximum atomic E-state index is 14.5. The molecule has 26 heavy (non-hydrogen) atoms. The predicted octanol–water partition coefficient (Wildman–Crippen LogP) is 4.28. The number of rotatable bonds is 4. The van der Waals surface area contributed by atoms with Crippen molar-refractivity contribution in [1.29, 1.82) is 0 Å². The summed E-state index contributed by atoms with van der Waals surface area (Å²) >= 11 is 0. The van der Waals surface area contributed by atoms with Gasteiger partial charge in [-0.2, -0.15) is 0 Å². The van der Waals surface area contributed by atoms with Crippen LogP contribution in [0.2, 0.25) is 0 Å². The molecule has 2 aliphatic rings. The molecule has 0 aliphatic carbocycles. The second-order valence-corrected chi connectivity index (χ2v) is 8.15. The number of nitrogens with zero attached hydrogens (tertiary/aromatic N) is 1. The molecule has 0 aromatic heterocycles. The Morgan fingerprint density at radius 1 is 1.23 bits per heavy atom. The molecule has 5 nitrogen and oxygen atoms in total. The highest BCUT2D eigenvalue weighted by Gasteiger charge is 2.45. The summed E-state index contributed by atoms with van der Waals surface area (Å²) in [6, 6.07) is 5.31. The number of fused-ring (bicyclic) bond motifs is 2. The van der Waals surface area contributed by atoms with Gasteiger partial charge in [0, 0.05) is 37.6 Å². The van der Waals surface area contributed by atoms with Gasteiger partial charge in [0.15, 0.2) is 11.6 Å². The zero-order valence-corrected chi connectivity index (χ0v) is 16.0. The summed E-state index contributed by atoms with van der Waals surface area (Å²) in [6.07, 6.45) is 2.93. The van der Waals surface area contributed by atoms with Crippen molar-refractivity contribution >= 4 is 6.09 Å². The number of benzene rings is 1. The van der Waals surface area contributed by atoms with Crippen LogP contribution in [-0.4, -0.2) is 41.9 Å². The van der Waals surface area contributed by atoms with Crippen LogP contribution < -0.4 is 4.74 Å². The van der Waals surface area contributed by atoms with Gasteiger partial charge in [0.1, 0.15) is 11.7 Å². The van der Waals surface area contributed by atoms with Crippen molar-refractivity contribution in [2.75, 3.05) is 7.11 Å². The van der Waals surface area contributed by atoms with Gasteiger partial charge in [0.2, 0.25) is 0 Å². The summed E-state index contributed by atoms with van der Waals surface area (Å²) < 4.78 is 31.1. The molecule has 2 saturated heterocycles. The van der Waals surface area contributed by atoms with Crippen LogP contribution in [0, 0.1) is 5.82 Å². The molecule has 2 aliphatic heterocycles. The Bertz CT molecular complexity index is 644. The Hall–Kier alpha value is -1.82. The van der Waals surface area contributed by atoms with E-state index in [9.17, 15) is 9.18 Å². The number of methoxy groups -OCH3 is 1. The predicted molar refractivity (Wildman–Crippen MR) is 95.6 cm³/mol. The molecule has 0 N–H and O–H groups in total. The van der Waals surface area contributed by atoms with Crippen LogP contribution in [0.1, 0.15) is 52.0 Å². The van der Waals surface area contributed by atoms with Gasteiger partial charge in [-0.05, 0) is 39.7 Å². The lowest BCUT2D eigenvalue weighted by molar-refractivity contribution is -0.00758. The third-order valence-corrected chi connectivity index (χ3v) is 4.93. The van der Waals surface area contributed by atoms with Crippen molar-refractivity contribution in [2.24, 2.45) is 0 Å². The van der Waals surface area contributed by atoms with Crippen molar-refractivity contribution < 1.29 is 23.4 Å². The lowest BCUT2D eigenvalue weighted by atomic mass is 10.00. The molecule has 1 unspecified atom stereocenters. The number of halogens is 1. The van der Waals surface area contributed by atoms with Crippen LogP contribution >= 0.6 is 0 Å². The topological polar surface area (TPSA) is 48.0 Å². The normalized spacial score (nSPS) is 25.3. The number of amides is 1. The molecule has 0 spiro atoms. The molecule has 2 bridgehead atoms. The van der Waals surface area contributed by atoms with Crippen LogP contribution in [0.15, 0.2) is 18.2 Å². The van der Waals surface area contributed by atoms with Crippen LogP contribution in [0.25, 0.3) is 0 Å². The quantitative estimate of drug-likeness (QED) is 0.799. The molecule has 0 radical (unpaired) electrons. The molecule has 1 aromatic rings. The Labute approximate surface area is 154 Å². The van der Waals surface area contributed by atoms with Crippen molar-refractivity contribution in [3.8, 4) is 5.75 Å². The largest absolute Gasteiger partial charge is 0.487 e. The minimum Gasteiger partial charge on any atom is -0.487 e. The monoisotopic (exact) mass is 365 g/mol. The highest BCUT2D eigenvalue weighted by atomic mass is 19.1. The van der Waals surface area contributed by atoms with Crippen molar-refractivity contribution in [2.45, 2.75) is 76.9 Å². The lowest BCUT2D eigenvalue weighted by Gasteiger charge is -2.39. The number of hydrogen-bond donors (Lipinski definition) is 0. The zero-order chi connectivity index (χ0) is 18.9. The third-order valence-electron chi connectivity index (χ3n) is 4.93. The fourth-order valence-corrected chi connectivity index (χ4v) is 3.93. The Balaban J connectivity index is 1.66. The molecule has 1 amide bonds. The SMILES string of the molecule is COCc1cccc(OC2C[C@H]3CC[C@@H](C2)N3C(=O)OC(C)(C)C)c1F. The Morgan fingerprint density at radius 3 is 2.46 bits per heavy atom. The minimum atomic E-state index is -0.505. The summed E-state index contributed by atoms with van der Waals surface area (Å²) in [5.41, 5.74) is -0.0198. The Kier molecular flexibility index (Phi) is 5.42. The van der Waals surface area contributed by atoms with Crippen LogP contribution in [0.4, 0.5) is 9.18 Å². The van der Waals surface area contributed by atoms with Gasteiger partial charge >= 0.3 is 6.09 Å². The molecular weight excluding hydrogens is 337 g/mol. The van der Waals surface area contributed by atoms with E-state index in [1.54, 1.807) is 18.2 Å². The summed E-state index contributed by atoms with van der Waals surface area (Å²) in [5.74, 6) is -0.106. The van der Waals surface area contributed by atoms with Gasteiger partial charge in [-0.25, -0.2) is 9.18 Å². The molecule has 2 heterocycles. The number of carbonyl (C=O) groups excluding carboxylic acids is 1. The fourth-order valence-electron chi connectivity index (χ4n) is 3.93. The van der Waals surface area contributed by atoms with Gasteiger partial charge in [0.25, 0.3) is 0 Å². The molecule has 3 rings (SSSR count). The first kappa shape index (κ1) is 19.0. The molecule has 144 valence electrons. The maximum absolute atomic E-state index is 14.5. The summed E-state index contributed by atoms with van der Waals surface area (Å²) in [6.45, 7) is 5.83. The third kappa shape index (κ3) is 4.11. The summed E-state index contributed by atoms with van der Waals surface area (Å²) in [4.78, 5) is 14.4. The second-order valence-electron chi connectivity index (χ2n) is 8.15. The fraction of sp³-hybridized carbons (Fsp3) is 0.650. The van der Waals surface area contributed by atoms with Gasteiger partial charge in [-0.1, -0.05) is 12.1 Å². The molecular formula is C20H28FNO4. The first-order chi connectivity index (χ1) is 12.3. The van der Waals surface area contributed by atoms with E-state index in [1.165, 1.54) is 7.11 Å². The molecule has 2 fully saturated rings. The average Bonchev–Trinajstić information content (AvgIpc) is 2.81. The van der Waals surface area contributed by atoms with E-state index in [2.05, 4.69) is 0 Å². The highest BCUT2D eigenvalue weighted by Crippen LogP contribution is 2.38. The first-order valence-corrected chi connectivity index (χ1v) is 9.23. The maximum Gasteiger partial charge on any atom is 0.410 e. The number of hydrogen-bond acceptors (Lipinski definition) is 4. The van der Waals surface area contributed by atoms with E-state index in [0.717, 1.165) is 12.8 Å². The van der Waals surface area contributed by atoms with Crippen molar-refractivity contribution in [1.82, 2.24) is 4.90 Å². The molecule has 1 aromatic carbocycles. The highest BCUT2D eigenvalue weighted by molar-refractivity contribution is 5.69. The van der Waals surface area contributed by atoms with Crippen molar-refractivity contribution in [3.05, 3.63) is 29.6 Å². The van der Waals surface area contributed by atoms with Crippen LogP contribution in [0.5, 0.6) is 5.75 Å². The molecule has 3 atom stereocenters. The Morgan fingerprint density at radius 2 is 1.88 bits per heavy atom. The van der Waals surface area contributed by atoms with Gasteiger partial charge < -0.3 is 19.1 Å². The smallest absolute Gasteiger partial charge is 0.410 e. The summed E-state index contributed by atoms with van der Waals surface area (Å²) in [5, 5.41) is 0. The van der Waals surface area contributed by atoms with E-state index in [1.807, 2.05) is 25.7 Å².